The van der Waals surface area contributed by atoms with Gasteiger partial charge in [-0.3, -0.25) is 0 Å². The topological polar surface area (TPSA) is 31.4 Å². The van der Waals surface area contributed by atoms with Gasteiger partial charge >= 0.3 is 6.36 Å². The number of methoxy groups -OCH3 is 1. The monoisotopic (exact) mass is 239 g/mol. The Morgan fingerprint density at radius 3 is 2.44 bits per heavy atom. The molecule has 0 saturated carbocycles. The minimum Gasteiger partial charge on any atom is -0.481 e. The van der Waals surface area contributed by atoms with E-state index in [2.05, 4.69) is 9.72 Å². The van der Waals surface area contributed by atoms with Crippen LogP contribution in [-0.2, 0) is 6.67 Å². The number of nitrogens with zero attached hydrogens (tertiary/aromatic N) is 1. The summed E-state index contributed by atoms with van der Waals surface area (Å²) in [5, 5.41) is 0. The Kier molecular flexibility index (Phi) is 3.56. The number of hydrogen-bond donors (Lipinski definition) is 0. The van der Waals surface area contributed by atoms with Gasteiger partial charge in [0.2, 0.25) is 5.88 Å². The van der Waals surface area contributed by atoms with Gasteiger partial charge in [-0.25, -0.2) is 9.37 Å². The van der Waals surface area contributed by atoms with E-state index in [1.165, 1.54) is 14.0 Å². The summed E-state index contributed by atoms with van der Waals surface area (Å²) in [5.41, 5.74) is -0.112. The Balaban J connectivity index is 3.11. The molecule has 0 aromatic carbocycles. The smallest absolute Gasteiger partial charge is 0.481 e. The zero-order valence-electron chi connectivity index (χ0n) is 8.56. The SMILES string of the molecule is COc1nc(C)c(OC(F)(F)F)cc1CF. The summed E-state index contributed by atoms with van der Waals surface area (Å²) in [6.07, 6.45) is -4.82. The Bertz CT molecular complexity index is 379. The van der Waals surface area contributed by atoms with Crippen molar-refractivity contribution < 1.29 is 27.0 Å². The lowest BCUT2D eigenvalue weighted by atomic mass is 10.2. The van der Waals surface area contributed by atoms with Crippen LogP contribution < -0.4 is 9.47 Å². The van der Waals surface area contributed by atoms with Crippen LogP contribution in [0.2, 0.25) is 0 Å². The molecule has 1 rings (SSSR count). The standard InChI is InChI=1S/C9H9F4NO2/c1-5-7(16-9(11,12)13)3-6(4-10)8(14-5)15-2/h3H,4H2,1-2H3. The van der Waals surface area contributed by atoms with Crippen LogP contribution in [0.25, 0.3) is 0 Å². The molecule has 0 atom stereocenters. The van der Waals surface area contributed by atoms with E-state index in [1.807, 2.05) is 0 Å². The van der Waals surface area contributed by atoms with Crippen molar-refractivity contribution in [2.45, 2.75) is 20.0 Å². The van der Waals surface area contributed by atoms with E-state index >= 15 is 0 Å². The number of halogens is 4. The summed E-state index contributed by atoms with van der Waals surface area (Å²) < 4.78 is 56.8. The predicted molar refractivity (Wildman–Crippen MR) is 47.0 cm³/mol. The third kappa shape index (κ3) is 2.98. The summed E-state index contributed by atoms with van der Waals surface area (Å²) in [7, 11) is 1.26. The zero-order valence-corrected chi connectivity index (χ0v) is 8.56. The molecular formula is C9H9F4NO2. The van der Waals surface area contributed by atoms with Crippen LogP contribution in [-0.4, -0.2) is 18.5 Å². The first kappa shape index (κ1) is 12.5. The molecule has 0 fully saturated rings. The molecule has 16 heavy (non-hydrogen) atoms. The van der Waals surface area contributed by atoms with E-state index in [0.29, 0.717) is 0 Å². The normalized spacial score (nSPS) is 11.4. The number of aryl methyl sites for hydroxylation is 1. The number of alkyl halides is 4. The van der Waals surface area contributed by atoms with Gasteiger partial charge in [-0.1, -0.05) is 0 Å². The zero-order chi connectivity index (χ0) is 12.3. The fraction of sp³-hybridized carbons (Fsp3) is 0.444. The highest BCUT2D eigenvalue weighted by molar-refractivity contribution is 5.38. The molecule has 0 N–H and O–H groups in total. The van der Waals surface area contributed by atoms with E-state index in [0.717, 1.165) is 6.07 Å². The van der Waals surface area contributed by atoms with Gasteiger partial charge in [0.1, 0.15) is 6.67 Å². The number of aromatic nitrogens is 1. The molecule has 0 bridgehead atoms. The van der Waals surface area contributed by atoms with Gasteiger partial charge in [-0.05, 0) is 13.0 Å². The maximum atomic E-state index is 12.5. The maximum absolute atomic E-state index is 12.5. The van der Waals surface area contributed by atoms with E-state index < -0.39 is 18.8 Å². The quantitative estimate of drug-likeness (QED) is 0.760. The largest absolute Gasteiger partial charge is 0.573 e. The van der Waals surface area contributed by atoms with Crippen LogP contribution in [0.1, 0.15) is 11.3 Å². The second-order valence-corrected chi connectivity index (χ2v) is 2.92. The highest BCUT2D eigenvalue weighted by Crippen LogP contribution is 2.29. The van der Waals surface area contributed by atoms with E-state index in [4.69, 9.17) is 4.74 Å². The Labute approximate surface area is 89.0 Å². The minimum atomic E-state index is -4.82. The molecule has 0 aliphatic carbocycles. The Morgan fingerprint density at radius 1 is 1.38 bits per heavy atom. The van der Waals surface area contributed by atoms with Crippen LogP contribution in [0, 0.1) is 6.92 Å². The third-order valence-corrected chi connectivity index (χ3v) is 1.77. The van der Waals surface area contributed by atoms with Gasteiger partial charge in [0.25, 0.3) is 0 Å². The lowest BCUT2D eigenvalue weighted by molar-refractivity contribution is -0.275. The molecule has 1 aromatic rings. The van der Waals surface area contributed by atoms with Crippen LogP contribution in [0.3, 0.4) is 0 Å². The molecule has 0 amide bonds. The van der Waals surface area contributed by atoms with Crippen molar-refractivity contribution in [3.63, 3.8) is 0 Å². The molecule has 90 valence electrons. The second kappa shape index (κ2) is 4.54. The van der Waals surface area contributed by atoms with Crippen molar-refractivity contribution in [2.75, 3.05) is 7.11 Å². The Morgan fingerprint density at radius 2 is 2.00 bits per heavy atom. The Hall–Kier alpha value is -1.53. The molecule has 3 nitrogen and oxygen atoms in total. The van der Waals surface area contributed by atoms with Crippen molar-refractivity contribution in [1.82, 2.24) is 4.98 Å². The van der Waals surface area contributed by atoms with Crippen molar-refractivity contribution in [3.8, 4) is 11.6 Å². The fourth-order valence-corrected chi connectivity index (χ4v) is 1.10. The molecule has 0 radical (unpaired) electrons. The first-order valence-electron chi connectivity index (χ1n) is 4.23. The average Bonchev–Trinajstić information content (AvgIpc) is 2.18. The van der Waals surface area contributed by atoms with Crippen molar-refractivity contribution in [1.29, 1.82) is 0 Å². The molecule has 1 aromatic heterocycles. The number of rotatable bonds is 3. The molecule has 1 heterocycles. The number of ether oxygens (including phenoxy) is 2. The van der Waals surface area contributed by atoms with Gasteiger partial charge < -0.3 is 9.47 Å². The summed E-state index contributed by atoms with van der Waals surface area (Å²) in [5.74, 6) is -0.574. The first-order chi connectivity index (χ1) is 7.37. The number of hydrogen-bond acceptors (Lipinski definition) is 3. The molecule has 0 saturated heterocycles. The summed E-state index contributed by atoms with van der Waals surface area (Å²) in [4.78, 5) is 3.66. The van der Waals surface area contributed by atoms with Gasteiger partial charge in [0.05, 0.1) is 12.8 Å². The molecule has 7 heteroatoms. The van der Waals surface area contributed by atoms with Crippen molar-refractivity contribution in [2.24, 2.45) is 0 Å². The fourth-order valence-electron chi connectivity index (χ4n) is 1.10. The second-order valence-electron chi connectivity index (χ2n) is 2.92. The van der Waals surface area contributed by atoms with Crippen LogP contribution in [0.15, 0.2) is 6.07 Å². The van der Waals surface area contributed by atoms with Crippen LogP contribution >= 0.6 is 0 Å². The lowest BCUT2D eigenvalue weighted by Gasteiger charge is -2.13. The van der Waals surface area contributed by atoms with Crippen molar-refractivity contribution >= 4 is 0 Å². The van der Waals surface area contributed by atoms with Gasteiger partial charge in [-0.15, -0.1) is 13.2 Å². The lowest BCUT2D eigenvalue weighted by Crippen LogP contribution is -2.18. The molecular weight excluding hydrogens is 230 g/mol. The van der Waals surface area contributed by atoms with Crippen LogP contribution in [0.4, 0.5) is 17.6 Å². The third-order valence-electron chi connectivity index (χ3n) is 1.77. The van der Waals surface area contributed by atoms with E-state index in [9.17, 15) is 17.6 Å². The molecule has 0 spiro atoms. The summed E-state index contributed by atoms with van der Waals surface area (Å²) in [6, 6.07) is 0.925. The average molecular weight is 239 g/mol. The first-order valence-corrected chi connectivity index (χ1v) is 4.23. The van der Waals surface area contributed by atoms with Crippen molar-refractivity contribution in [3.05, 3.63) is 17.3 Å². The predicted octanol–water partition coefficient (Wildman–Crippen LogP) is 2.77. The van der Waals surface area contributed by atoms with Gasteiger partial charge in [0, 0.05) is 5.56 Å². The van der Waals surface area contributed by atoms with E-state index in [-0.39, 0.29) is 17.1 Å². The minimum absolute atomic E-state index is 0.0219. The van der Waals surface area contributed by atoms with Gasteiger partial charge in [-0.2, -0.15) is 0 Å². The molecule has 0 unspecified atom stereocenters. The summed E-state index contributed by atoms with van der Waals surface area (Å²) >= 11 is 0. The van der Waals surface area contributed by atoms with Gasteiger partial charge in [0.15, 0.2) is 5.75 Å². The van der Waals surface area contributed by atoms with E-state index in [1.54, 1.807) is 0 Å². The maximum Gasteiger partial charge on any atom is 0.573 e. The molecule has 0 aliphatic heterocycles. The number of pyridine rings is 1. The highest BCUT2D eigenvalue weighted by atomic mass is 19.4. The molecule has 0 aliphatic rings. The summed E-state index contributed by atoms with van der Waals surface area (Å²) in [6.45, 7) is 0.330. The highest BCUT2D eigenvalue weighted by Gasteiger charge is 2.32. The van der Waals surface area contributed by atoms with Crippen LogP contribution in [0.5, 0.6) is 11.6 Å².